The summed E-state index contributed by atoms with van der Waals surface area (Å²) in [6.45, 7) is 7.83. The Labute approximate surface area is 80.5 Å². The maximum Gasteiger partial charge on any atom is 0.404 e. The first-order chi connectivity index (χ1) is 5.93. The molecule has 0 heterocycles. The number of nitrogens with two attached hydrogens (primary N) is 1. The molecule has 0 aromatic rings. The number of carbonyl (C=O) groups is 1. The fraction of sp³-hybridized carbons (Fsp3) is 0.889. The number of nitrogens with one attached hydrogen (secondary N) is 1. The van der Waals surface area contributed by atoms with Gasteiger partial charge in [-0.2, -0.15) is 0 Å². The Kier molecular flexibility index (Phi) is 10.6. The molecule has 0 aliphatic heterocycles. The van der Waals surface area contributed by atoms with Gasteiger partial charge in [0.25, 0.3) is 0 Å². The maximum absolute atomic E-state index is 9.86. The molecule has 80 valence electrons. The largest absolute Gasteiger partial charge is 0.465 e. The quantitative estimate of drug-likeness (QED) is 0.635. The van der Waals surface area contributed by atoms with Crippen molar-refractivity contribution in [3.8, 4) is 0 Å². The van der Waals surface area contributed by atoms with Gasteiger partial charge in [-0.3, -0.25) is 0 Å². The van der Waals surface area contributed by atoms with Crippen LogP contribution in [0.5, 0.6) is 0 Å². The Balaban J connectivity index is 0. The van der Waals surface area contributed by atoms with Crippen molar-refractivity contribution in [3.05, 3.63) is 0 Å². The van der Waals surface area contributed by atoms with Gasteiger partial charge in [0.2, 0.25) is 0 Å². The van der Waals surface area contributed by atoms with Crippen molar-refractivity contribution in [2.24, 2.45) is 5.73 Å². The van der Waals surface area contributed by atoms with E-state index in [0.717, 1.165) is 12.8 Å². The van der Waals surface area contributed by atoms with Gasteiger partial charge in [0.15, 0.2) is 0 Å². The van der Waals surface area contributed by atoms with Crippen LogP contribution in [0.4, 0.5) is 4.79 Å². The van der Waals surface area contributed by atoms with Gasteiger partial charge in [-0.1, -0.05) is 13.8 Å². The van der Waals surface area contributed by atoms with E-state index in [2.05, 4.69) is 12.2 Å². The minimum atomic E-state index is -0.945. The van der Waals surface area contributed by atoms with Crippen LogP contribution in [0.2, 0.25) is 0 Å². The fourth-order valence-corrected chi connectivity index (χ4v) is 0.313. The molecule has 0 saturated heterocycles. The van der Waals surface area contributed by atoms with Crippen molar-refractivity contribution in [1.29, 1.82) is 0 Å². The second-order valence-electron chi connectivity index (χ2n) is 3.14. The molecule has 4 heteroatoms. The first-order valence-electron chi connectivity index (χ1n) is 4.69. The molecule has 1 amide bonds. The number of carboxylic acid groups (broad SMARTS) is 1. The molecule has 0 radical (unpaired) electrons. The van der Waals surface area contributed by atoms with Gasteiger partial charge in [-0.15, -0.1) is 0 Å². The van der Waals surface area contributed by atoms with Gasteiger partial charge in [-0.25, -0.2) is 4.79 Å². The summed E-state index contributed by atoms with van der Waals surface area (Å²) in [5, 5.41) is 10.4. The van der Waals surface area contributed by atoms with E-state index in [4.69, 9.17) is 10.8 Å². The maximum atomic E-state index is 9.86. The average molecular weight is 190 g/mol. The van der Waals surface area contributed by atoms with Crippen LogP contribution in [0.25, 0.3) is 0 Å². The standard InChI is InChI=1S/C5H11NO2.C4H11N/c1-3-4(2)6-5(7)8;1-3-4(2)5/h4,6H,3H2,1-2H3,(H,7,8);4H,3,5H2,1-2H3. The minimum absolute atomic E-state index is 0.0764. The lowest BCUT2D eigenvalue weighted by molar-refractivity contribution is 0.190. The third-order valence-electron chi connectivity index (χ3n) is 1.63. The first kappa shape index (κ1) is 14.7. The average Bonchev–Trinajstić information content (AvgIpc) is 2.04. The minimum Gasteiger partial charge on any atom is -0.465 e. The van der Waals surface area contributed by atoms with E-state index in [9.17, 15) is 4.79 Å². The smallest absolute Gasteiger partial charge is 0.404 e. The number of amides is 1. The lowest BCUT2D eigenvalue weighted by Gasteiger charge is -2.05. The summed E-state index contributed by atoms with van der Waals surface area (Å²) in [4.78, 5) is 9.86. The highest BCUT2D eigenvalue weighted by atomic mass is 16.4. The Morgan fingerprint density at radius 2 is 1.77 bits per heavy atom. The third kappa shape index (κ3) is 18.3. The van der Waals surface area contributed by atoms with Crippen LogP contribution in [0.15, 0.2) is 0 Å². The lowest BCUT2D eigenvalue weighted by Crippen LogP contribution is -2.30. The molecule has 2 atom stereocenters. The van der Waals surface area contributed by atoms with Crippen molar-refractivity contribution >= 4 is 6.09 Å². The molecule has 0 aliphatic carbocycles. The molecule has 2 unspecified atom stereocenters. The van der Waals surface area contributed by atoms with Crippen LogP contribution in [0.3, 0.4) is 0 Å². The molecular weight excluding hydrogens is 168 g/mol. The van der Waals surface area contributed by atoms with E-state index < -0.39 is 6.09 Å². The Hall–Kier alpha value is -0.770. The predicted octanol–water partition coefficient (Wildman–Crippen LogP) is 1.80. The molecule has 0 aromatic heterocycles. The summed E-state index contributed by atoms with van der Waals surface area (Å²) in [6.07, 6.45) is 0.978. The number of hydrogen-bond donors (Lipinski definition) is 3. The Morgan fingerprint density at radius 1 is 1.38 bits per heavy atom. The molecule has 13 heavy (non-hydrogen) atoms. The number of rotatable bonds is 3. The highest BCUT2D eigenvalue weighted by molar-refractivity contribution is 5.64. The van der Waals surface area contributed by atoms with Crippen LogP contribution in [0.1, 0.15) is 40.5 Å². The molecule has 4 N–H and O–H groups in total. The normalized spacial score (nSPS) is 13.6. The highest BCUT2D eigenvalue weighted by Crippen LogP contribution is 1.85. The van der Waals surface area contributed by atoms with Crippen molar-refractivity contribution in [2.45, 2.75) is 52.6 Å². The zero-order chi connectivity index (χ0) is 10.9. The molecule has 0 fully saturated rings. The van der Waals surface area contributed by atoms with E-state index in [1.54, 1.807) is 0 Å². The van der Waals surface area contributed by atoms with Gasteiger partial charge < -0.3 is 16.2 Å². The first-order valence-corrected chi connectivity index (χ1v) is 4.69. The van der Waals surface area contributed by atoms with Gasteiger partial charge in [0.1, 0.15) is 0 Å². The second kappa shape index (κ2) is 9.32. The topological polar surface area (TPSA) is 75.3 Å². The zero-order valence-electron chi connectivity index (χ0n) is 9.00. The van der Waals surface area contributed by atoms with Crippen molar-refractivity contribution < 1.29 is 9.90 Å². The van der Waals surface area contributed by atoms with Crippen LogP contribution < -0.4 is 11.1 Å². The van der Waals surface area contributed by atoms with Crippen LogP contribution in [-0.2, 0) is 0 Å². The molecule has 0 aromatic carbocycles. The summed E-state index contributed by atoms with van der Waals surface area (Å²) in [5.41, 5.74) is 5.29. The van der Waals surface area contributed by atoms with Gasteiger partial charge in [0.05, 0.1) is 0 Å². The number of hydrogen-bond acceptors (Lipinski definition) is 2. The van der Waals surface area contributed by atoms with E-state index in [1.165, 1.54) is 0 Å². The summed E-state index contributed by atoms with van der Waals surface area (Å²) >= 11 is 0. The van der Waals surface area contributed by atoms with Gasteiger partial charge in [-0.05, 0) is 26.7 Å². The SMILES string of the molecule is CCC(C)N.CCC(C)NC(=O)O. The van der Waals surface area contributed by atoms with E-state index in [-0.39, 0.29) is 6.04 Å². The van der Waals surface area contributed by atoms with Crippen LogP contribution in [0, 0.1) is 0 Å². The summed E-state index contributed by atoms with van der Waals surface area (Å²) < 4.78 is 0. The Morgan fingerprint density at radius 3 is 1.85 bits per heavy atom. The van der Waals surface area contributed by atoms with Crippen LogP contribution >= 0.6 is 0 Å². The second-order valence-corrected chi connectivity index (χ2v) is 3.14. The van der Waals surface area contributed by atoms with Crippen molar-refractivity contribution in [2.75, 3.05) is 0 Å². The van der Waals surface area contributed by atoms with E-state index in [1.807, 2.05) is 20.8 Å². The zero-order valence-corrected chi connectivity index (χ0v) is 9.00. The molecule has 0 rings (SSSR count). The summed E-state index contributed by atoms with van der Waals surface area (Å²) in [7, 11) is 0. The van der Waals surface area contributed by atoms with Gasteiger partial charge >= 0.3 is 6.09 Å². The van der Waals surface area contributed by atoms with Crippen molar-refractivity contribution in [1.82, 2.24) is 5.32 Å². The molecule has 4 nitrogen and oxygen atoms in total. The summed E-state index contributed by atoms with van der Waals surface area (Å²) in [6, 6.07) is 0.461. The monoisotopic (exact) mass is 190 g/mol. The lowest BCUT2D eigenvalue weighted by atomic mass is 10.3. The Bertz CT molecular complexity index is 127. The van der Waals surface area contributed by atoms with E-state index >= 15 is 0 Å². The molecule has 0 bridgehead atoms. The molecule has 0 aliphatic rings. The van der Waals surface area contributed by atoms with Crippen LogP contribution in [-0.4, -0.2) is 23.3 Å². The van der Waals surface area contributed by atoms with Crippen molar-refractivity contribution in [3.63, 3.8) is 0 Å². The fourth-order valence-electron chi connectivity index (χ4n) is 0.313. The molecular formula is C9H22N2O2. The van der Waals surface area contributed by atoms with Gasteiger partial charge in [0, 0.05) is 12.1 Å². The highest BCUT2D eigenvalue weighted by Gasteiger charge is 1.99. The van der Waals surface area contributed by atoms with E-state index in [0.29, 0.717) is 6.04 Å². The predicted molar refractivity (Wildman–Crippen MR) is 54.9 cm³/mol. The molecule has 0 saturated carbocycles. The molecule has 0 spiro atoms. The summed E-state index contributed by atoms with van der Waals surface area (Å²) in [5.74, 6) is 0. The third-order valence-corrected chi connectivity index (χ3v) is 1.63.